The van der Waals surface area contributed by atoms with Gasteiger partial charge in [0.25, 0.3) is 0 Å². The zero-order valence-electron chi connectivity index (χ0n) is 14.0. The molecule has 0 aromatic carbocycles. The van der Waals surface area contributed by atoms with Crippen molar-refractivity contribution in [2.45, 2.75) is 58.1 Å². The molecule has 2 N–H and O–H groups in total. The molecule has 6 heteroatoms. The van der Waals surface area contributed by atoms with Crippen LogP contribution in [0.25, 0.3) is 0 Å². The molecule has 2 aliphatic rings. The highest BCUT2D eigenvalue weighted by Gasteiger charge is 2.33. The van der Waals surface area contributed by atoms with Gasteiger partial charge in [-0.3, -0.25) is 4.79 Å². The lowest BCUT2D eigenvalue weighted by Gasteiger charge is -2.37. The zero-order valence-corrected chi connectivity index (χ0v) is 14.0. The summed E-state index contributed by atoms with van der Waals surface area (Å²) in [6.45, 7) is 8.18. The summed E-state index contributed by atoms with van der Waals surface area (Å²) in [7, 11) is 0. The van der Waals surface area contributed by atoms with E-state index in [1.807, 2.05) is 25.7 Å². The Balaban J connectivity index is 1.90. The fourth-order valence-electron chi connectivity index (χ4n) is 3.05. The van der Waals surface area contributed by atoms with E-state index in [1.165, 1.54) is 0 Å². The van der Waals surface area contributed by atoms with Gasteiger partial charge in [0.05, 0.1) is 5.92 Å². The lowest BCUT2D eigenvalue weighted by Crippen LogP contribution is -2.50. The highest BCUT2D eigenvalue weighted by atomic mass is 16.6. The Morgan fingerprint density at radius 2 is 1.68 bits per heavy atom. The zero-order chi connectivity index (χ0) is 16.3. The molecule has 2 saturated heterocycles. The Morgan fingerprint density at radius 1 is 1.05 bits per heavy atom. The van der Waals surface area contributed by atoms with Crippen LogP contribution < -0.4 is 5.73 Å². The summed E-state index contributed by atoms with van der Waals surface area (Å²) in [5.74, 6) is 0.0655. The van der Waals surface area contributed by atoms with Gasteiger partial charge in [0, 0.05) is 32.2 Å². The molecular formula is C16H29N3O3. The number of rotatable bonds is 1. The molecule has 2 heterocycles. The van der Waals surface area contributed by atoms with Crippen molar-refractivity contribution in [3.63, 3.8) is 0 Å². The minimum atomic E-state index is -0.503. The number of piperidine rings is 2. The number of nitrogens with zero attached hydrogens (tertiary/aromatic N) is 2. The molecule has 0 saturated carbocycles. The summed E-state index contributed by atoms with van der Waals surface area (Å²) < 4.78 is 5.41. The van der Waals surface area contributed by atoms with E-state index in [1.54, 1.807) is 4.90 Å². The van der Waals surface area contributed by atoms with E-state index in [4.69, 9.17) is 10.5 Å². The highest BCUT2D eigenvalue weighted by Crippen LogP contribution is 2.22. The molecule has 2 aliphatic heterocycles. The van der Waals surface area contributed by atoms with Gasteiger partial charge in [-0.15, -0.1) is 0 Å². The molecule has 0 radical (unpaired) electrons. The number of amides is 2. The molecular weight excluding hydrogens is 282 g/mol. The summed E-state index contributed by atoms with van der Waals surface area (Å²) in [5.41, 5.74) is 5.39. The van der Waals surface area contributed by atoms with Crippen LogP contribution in [0.4, 0.5) is 4.79 Å². The van der Waals surface area contributed by atoms with Crippen molar-refractivity contribution in [2.75, 3.05) is 26.2 Å². The van der Waals surface area contributed by atoms with E-state index in [0.717, 1.165) is 38.8 Å². The first-order chi connectivity index (χ1) is 10.3. The Hall–Kier alpha value is -1.30. The Morgan fingerprint density at radius 3 is 2.27 bits per heavy atom. The molecule has 2 amide bonds. The first-order valence-electron chi connectivity index (χ1n) is 8.28. The second kappa shape index (κ2) is 6.86. The summed E-state index contributed by atoms with van der Waals surface area (Å²) in [5, 5.41) is 0. The average molecular weight is 311 g/mol. The molecule has 1 atom stereocenters. The largest absolute Gasteiger partial charge is 0.444 e. The van der Waals surface area contributed by atoms with Crippen molar-refractivity contribution in [1.29, 1.82) is 0 Å². The van der Waals surface area contributed by atoms with E-state index in [0.29, 0.717) is 13.1 Å². The third-order valence-corrected chi connectivity index (χ3v) is 4.27. The van der Waals surface area contributed by atoms with Gasteiger partial charge < -0.3 is 20.3 Å². The second-order valence-corrected chi connectivity index (χ2v) is 7.43. The molecule has 0 spiro atoms. The van der Waals surface area contributed by atoms with Crippen LogP contribution in [0.3, 0.4) is 0 Å². The van der Waals surface area contributed by atoms with E-state index in [2.05, 4.69) is 0 Å². The number of hydrogen-bond acceptors (Lipinski definition) is 4. The highest BCUT2D eigenvalue weighted by molar-refractivity contribution is 5.80. The average Bonchev–Trinajstić information content (AvgIpc) is 2.46. The molecule has 0 bridgehead atoms. The van der Waals surface area contributed by atoms with Gasteiger partial charge in [-0.05, 0) is 46.5 Å². The lowest BCUT2D eigenvalue weighted by molar-refractivity contribution is -0.138. The predicted molar refractivity (Wildman–Crippen MR) is 84.3 cm³/mol. The first kappa shape index (κ1) is 17.1. The molecule has 0 aromatic rings. The normalized spacial score (nSPS) is 24.3. The predicted octanol–water partition coefficient (Wildman–Crippen LogP) is 1.58. The van der Waals surface area contributed by atoms with Gasteiger partial charge in [0.2, 0.25) is 5.91 Å². The molecule has 2 fully saturated rings. The summed E-state index contributed by atoms with van der Waals surface area (Å²) in [6.07, 6.45) is 3.12. The van der Waals surface area contributed by atoms with Crippen molar-refractivity contribution in [3.8, 4) is 0 Å². The Labute approximate surface area is 132 Å². The molecule has 1 unspecified atom stereocenters. The van der Waals surface area contributed by atoms with Gasteiger partial charge in [0.1, 0.15) is 5.60 Å². The van der Waals surface area contributed by atoms with Gasteiger partial charge >= 0.3 is 6.09 Å². The molecule has 2 rings (SSSR count). The topological polar surface area (TPSA) is 75.9 Å². The standard InChI is InChI=1S/C16H29N3O3/c1-16(2,3)22-15(21)19-8-4-5-12(11-19)14(20)18-9-6-13(17)7-10-18/h12-13H,4-11,17H2,1-3H3. The molecule has 126 valence electrons. The minimum Gasteiger partial charge on any atom is -0.444 e. The Bertz CT molecular complexity index is 411. The van der Waals surface area contributed by atoms with Crippen molar-refractivity contribution < 1.29 is 14.3 Å². The Kier molecular flexibility index (Phi) is 5.32. The van der Waals surface area contributed by atoms with Crippen molar-refractivity contribution in [3.05, 3.63) is 0 Å². The van der Waals surface area contributed by atoms with Crippen molar-refractivity contribution in [2.24, 2.45) is 11.7 Å². The van der Waals surface area contributed by atoms with Crippen LogP contribution in [0.2, 0.25) is 0 Å². The molecule has 22 heavy (non-hydrogen) atoms. The fraction of sp³-hybridized carbons (Fsp3) is 0.875. The lowest BCUT2D eigenvalue weighted by atomic mass is 9.95. The van der Waals surface area contributed by atoms with Crippen LogP contribution in [0.5, 0.6) is 0 Å². The van der Waals surface area contributed by atoms with Crippen LogP contribution in [0.1, 0.15) is 46.5 Å². The molecule has 0 aromatic heterocycles. The van der Waals surface area contributed by atoms with Gasteiger partial charge in [-0.2, -0.15) is 0 Å². The smallest absolute Gasteiger partial charge is 0.410 e. The quantitative estimate of drug-likeness (QED) is 0.798. The summed E-state index contributed by atoms with van der Waals surface area (Å²) in [6, 6.07) is 0.216. The van der Waals surface area contributed by atoms with E-state index < -0.39 is 5.60 Å². The SMILES string of the molecule is CC(C)(C)OC(=O)N1CCCC(C(=O)N2CCC(N)CC2)C1. The van der Waals surface area contributed by atoms with Crippen LogP contribution in [0, 0.1) is 5.92 Å². The van der Waals surface area contributed by atoms with Crippen LogP contribution >= 0.6 is 0 Å². The first-order valence-corrected chi connectivity index (χ1v) is 8.28. The van der Waals surface area contributed by atoms with Gasteiger partial charge in [0.15, 0.2) is 0 Å². The third kappa shape index (κ3) is 4.60. The van der Waals surface area contributed by atoms with E-state index >= 15 is 0 Å². The third-order valence-electron chi connectivity index (χ3n) is 4.27. The number of ether oxygens (including phenoxy) is 1. The van der Waals surface area contributed by atoms with Crippen molar-refractivity contribution >= 4 is 12.0 Å². The second-order valence-electron chi connectivity index (χ2n) is 7.43. The monoisotopic (exact) mass is 311 g/mol. The molecule has 6 nitrogen and oxygen atoms in total. The van der Waals surface area contributed by atoms with Crippen molar-refractivity contribution in [1.82, 2.24) is 9.80 Å². The summed E-state index contributed by atoms with van der Waals surface area (Å²) in [4.78, 5) is 28.4. The maximum atomic E-state index is 12.6. The maximum absolute atomic E-state index is 12.6. The van der Waals surface area contributed by atoms with Crippen LogP contribution in [0.15, 0.2) is 0 Å². The fourth-order valence-corrected chi connectivity index (χ4v) is 3.05. The minimum absolute atomic E-state index is 0.101. The van der Waals surface area contributed by atoms with Gasteiger partial charge in [-0.1, -0.05) is 0 Å². The number of nitrogens with two attached hydrogens (primary N) is 1. The molecule has 0 aliphatic carbocycles. The van der Waals surface area contributed by atoms with Crippen LogP contribution in [-0.2, 0) is 9.53 Å². The maximum Gasteiger partial charge on any atom is 0.410 e. The number of carbonyl (C=O) groups excluding carboxylic acids is 2. The van der Waals surface area contributed by atoms with Gasteiger partial charge in [-0.25, -0.2) is 4.79 Å². The van der Waals surface area contributed by atoms with Crippen LogP contribution in [-0.4, -0.2) is 59.6 Å². The van der Waals surface area contributed by atoms with E-state index in [9.17, 15) is 9.59 Å². The summed E-state index contributed by atoms with van der Waals surface area (Å²) >= 11 is 0. The number of hydrogen-bond donors (Lipinski definition) is 1. The number of likely N-dealkylation sites (tertiary alicyclic amines) is 2. The number of carbonyl (C=O) groups is 2. The van der Waals surface area contributed by atoms with E-state index in [-0.39, 0.29) is 24.0 Å².